The van der Waals surface area contributed by atoms with E-state index in [1.165, 1.54) is 22.5 Å². The van der Waals surface area contributed by atoms with Crippen LogP contribution in [-0.4, -0.2) is 56.3 Å². The van der Waals surface area contributed by atoms with Gasteiger partial charge in [0.25, 0.3) is 0 Å². The van der Waals surface area contributed by atoms with Crippen molar-refractivity contribution < 1.29 is 17.6 Å². The van der Waals surface area contributed by atoms with Crippen molar-refractivity contribution in [3.63, 3.8) is 0 Å². The molecule has 0 aliphatic carbocycles. The van der Waals surface area contributed by atoms with Gasteiger partial charge in [-0.3, -0.25) is 9.69 Å². The summed E-state index contributed by atoms with van der Waals surface area (Å²) in [7, 11) is -3.67. The summed E-state index contributed by atoms with van der Waals surface area (Å²) in [5.41, 5.74) is 0.848. The predicted octanol–water partition coefficient (Wildman–Crippen LogP) is 3.30. The zero-order valence-corrected chi connectivity index (χ0v) is 19.2. The van der Waals surface area contributed by atoms with Crippen molar-refractivity contribution in [3.05, 3.63) is 64.9 Å². The number of rotatable bonds is 7. The Balaban J connectivity index is 1.57. The van der Waals surface area contributed by atoms with Crippen molar-refractivity contribution in [2.45, 2.75) is 24.8 Å². The normalized spacial score (nSPS) is 16.9. The standard InChI is InChI=1S/C22H27ClFN3O3S/c1-16(2)22(17-7-9-18(24)10-8-17)25-21(28)15-26-11-13-27(14-12-26)31(29,30)20-6-4-3-5-19(20)23/h3-10,16,22H,11-15H2,1-2H3,(H,25,28). The summed E-state index contributed by atoms with van der Waals surface area (Å²) in [4.78, 5) is 14.7. The summed E-state index contributed by atoms with van der Waals surface area (Å²) in [6.45, 7) is 5.61. The number of hydrogen-bond donors (Lipinski definition) is 1. The third kappa shape index (κ3) is 5.83. The van der Waals surface area contributed by atoms with Gasteiger partial charge in [-0.05, 0) is 35.7 Å². The summed E-state index contributed by atoms with van der Waals surface area (Å²) >= 11 is 6.07. The fourth-order valence-electron chi connectivity index (χ4n) is 3.65. The third-order valence-electron chi connectivity index (χ3n) is 5.37. The molecule has 1 heterocycles. The van der Waals surface area contributed by atoms with Crippen LogP contribution in [0.1, 0.15) is 25.5 Å². The summed E-state index contributed by atoms with van der Waals surface area (Å²) in [5, 5.41) is 3.22. The van der Waals surface area contributed by atoms with E-state index in [0.717, 1.165) is 5.56 Å². The van der Waals surface area contributed by atoms with Gasteiger partial charge in [-0.1, -0.05) is 49.7 Å². The van der Waals surface area contributed by atoms with E-state index in [4.69, 9.17) is 11.6 Å². The minimum absolute atomic E-state index is 0.0990. The molecule has 1 aliphatic rings. The molecule has 168 valence electrons. The van der Waals surface area contributed by atoms with E-state index in [0.29, 0.717) is 13.1 Å². The van der Waals surface area contributed by atoms with Gasteiger partial charge in [-0.2, -0.15) is 4.31 Å². The highest BCUT2D eigenvalue weighted by molar-refractivity contribution is 7.89. The van der Waals surface area contributed by atoms with E-state index < -0.39 is 10.0 Å². The number of sulfonamides is 1. The number of carbonyl (C=O) groups excluding carboxylic acids is 1. The molecule has 0 spiro atoms. The summed E-state index contributed by atoms with van der Waals surface area (Å²) < 4.78 is 40.3. The Morgan fingerprint density at radius 2 is 1.68 bits per heavy atom. The van der Waals surface area contributed by atoms with Crippen LogP contribution in [-0.2, 0) is 14.8 Å². The number of hydrogen-bond acceptors (Lipinski definition) is 4. The van der Waals surface area contributed by atoms with Gasteiger partial charge in [0.05, 0.1) is 17.6 Å². The van der Waals surface area contributed by atoms with Crippen molar-refractivity contribution in [3.8, 4) is 0 Å². The third-order valence-corrected chi connectivity index (χ3v) is 7.76. The molecule has 3 rings (SSSR count). The minimum atomic E-state index is -3.67. The van der Waals surface area contributed by atoms with Crippen LogP contribution in [0.4, 0.5) is 4.39 Å². The first-order valence-electron chi connectivity index (χ1n) is 10.2. The Morgan fingerprint density at radius 1 is 1.06 bits per heavy atom. The lowest BCUT2D eigenvalue weighted by Crippen LogP contribution is -2.51. The van der Waals surface area contributed by atoms with Crippen molar-refractivity contribution in [2.75, 3.05) is 32.7 Å². The molecular formula is C22H27ClFN3O3S. The monoisotopic (exact) mass is 467 g/mol. The maximum atomic E-state index is 13.2. The Labute approximate surface area is 188 Å². The maximum Gasteiger partial charge on any atom is 0.244 e. The number of nitrogens with one attached hydrogen (secondary N) is 1. The van der Waals surface area contributed by atoms with Crippen LogP contribution in [0.2, 0.25) is 5.02 Å². The van der Waals surface area contributed by atoms with Gasteiger partial charge in [-0.15, -0.1) is 0 Å². The second-order valence-electron chi connectivity index (χ2n) is 7.95. The van der Waals surface area contributed by atoms with E-state index >= 15 is 0 Å². The molecular weight excluding hydrogens is 441 g/mol. The van der Waals surface area contributed by atoms with Gasteiger partial charge in [-0.25, -0.2) is 12.8 Å². The number of carbonyl (C=O) groups is 1. The molecule has 1 atom stereocenters. The molecule has 1 saturated heterocycles. The molecule has 0 saturated carbocycles. The summed E-state index contributed by atoms with van der Waals surface area (Å²) in [6, 6.07) is 12.3. The van der Waals surface area contributed by atoms with Gasteiger partial charge < -0.3 is 5.32 Å². The van der Waals surface area contributed by atoms with E-state index in [9.17, 15) is 17.6 Å². The second-order valence-corrected chi connectivity index (χ2v) is 10.3. The summed E-state index contributed by atoms with van der Waals surface area (Å²) in [6.07, 6.45) is 0. The molecule has 2 aromatic rings. The number of halogens is 2. The van der Waals surface area contributed by atoms with Crippen LogP contribution in [0.5, 0.6) is 0 Å². The topological polar surface area (TPSA) is 69.7 Å². The van der Waals surface area contributed by atoms with Crippen LogP contribution in [0.25, 0.3) is 0 Å². The SMILES string of the molecule is CC(C)C(NC(=O)CN1CCN(S(=O)(=O)c2ccccc2Cl)CC1)c1ccc(F)cc1. The van der Waals surface area contributed by atoms with E-state index in [-0.39, 0.29) is 53.2 Å². The highest BCUT2D eigenvalue weighted by atomic mass is 35.5. The molecule has 31 heavy (non-hydrogen) atoms. The van der Waals surface area contributed by atoms with Gasteiger partial charge >= 0.3 is 0 Å². The second kappa shape index (κ2) is 10.1. The number of nitrogens with zero attached hydrogens (tertiary/aromatic N) is 2. The van der Waals surface area contributed by atoms with Crippen LogP contribution < -0.4 is 5.32 Å². The Kier molecular flexibility index (Phi) is 7.69. The predicted molar refractivity (Wildman–Crippen MR) is 119 cm³/mol. The molecule has 1 aliphatic heterocycles. The van der Waals surface area contributed by atoms with Crippen LogP contribution in [0.3, 0.4) is 0 Å². The first-order valence-corrected chi connectivity index (χ1v) is 12.0. The Bertz CT molecular complexity index is 1010. The summed E-state index contributed by atoms with van der Waals surface area (Å²) in [5.74, 6) is -0.334. The molecule has 0 radical (unpaired) electrons. The Morgan fingerprint density at radius 3 is 2.26 bits per heavy atom. The van der Waals surface area contributed by atoms with Gasteiger partial charge in [0.15, 0.2) is 0 Å². The van der Waals surface area contributed by atoms with Gasteiger partial charge in [0.1, 0.15) is 10.7 Å². The lowest BCUT2D eigenvalue weighted by molar-refractivity contribution is -0.123. The van der Waals surface area contributed by atoms with Crippen molar-refractivity contribution in [1.29, 1.82) is 0 Å². The molecule has 0 aromatic heterocycles. The molecule has 1 N–H and O–H groups in total. The van der Waals surface area contributed by atoms with E-state index in [1.807, 2.05) is 18.7 Å². The van der Waals surface area contributed by atoms with Crippen LogP contribution in [0, 0.1) is 11.7 Å². The van der Waals surface area contributed by atoms with E-state index in [2.05, 4.69) is 5.32 Å². The molecule has 9 heteroatoms. The van der Waals surface area contributed by atoms with Crippen molar-refractivity contribution in [2.24, 2.45) is 5.92 Å². The quantitative estimate of drug-likeness (QED) is 0.678. The first kappa shape index (κ1) is 23.7. The molecule has 0 bridgehead atoms. The fraction of sp³-hybridized carbons (Fsp3) is 0.409. The number of piperazine rings is 1. The van der Waals surface area contributed by atoms with Crippen molar-refractivity contribution in [1.82, 2.24) is 14.5 Å². The van der Waals surface area contributed by atoms with Crippen molar-refractivity contribution >= 4 is 27.5 Å². The zero-order valence-electron chi connectivity index (χ0n) is 17.6. The van der Waals surface area contributed by atoms with Crippen LogP contribution in [0.15, 0.2) is 53.4 Å². The maximum absolute atomic E-state index is 13.2. The molecule has 2 aromatic carbocycles. The van der Waals surface area contributed by atoms with Gasteiger partial charge in [0, 0.05) is 26.2 Å². The largest absolute Gasteiger partial charge is 0.348 e. The highest BCUT2D eigenvalue weighted by Crippen LogP contribution is 2.25. The minimum Gasteiger partial charge on any atom is -0.348 e. The van der Waals surface area contributed by atoms with Gasteiger partial charge in [0.2, 0.25) is 15.9 Å². The molecule has 1 amide bonds. The number of benzene rings is 2. The average Bonchev–Trinajstić information content (AvgIpc) is 2.73. The lowest BCUT2D eigenvalue weighted by atomic mass is 9.96. The van der Waals surface area contributed by atoms with E-state index in [1.54, 1.807) is 30.3 Å². The first-order chi connectivity index (χ1) is 14.7. The Hall–Kier alpha value is -2.00. The lowest BCUT2D eigenvalue weighted by Gasteiger charge is -2.34. The fourth-order valence-corrected chi connectivity index (χ4v) is 5.56. The number of amides is 1. The average molecular weight is 468 g/mol. The zero-order chi connectivity index (χ0) is 22.6. The van der Waals surface area contributed by atoms with Crippen LogP contribution >= 0.6 is 11.6 Å². The highest BCUT2D eigenvalue weighted by Gasteiger charge is 2.30. The smallest absolute Gasteiger partial charge is 0.244 e. The molecule has 1 unspecified atom stereocenters. The molecule has 1 fully saturated rings. The molecule has 6 nitrogen and oxygen atoms in total.